The number of methoxy groups -OCH3 is 1. The predicted molar refractivity (Wildman–Crippen MR) is 49.4 cm³/mol. The number of nitrogens with two attached hydrogens (primary N) is 1. The number of carbonyl (C=O) groups excluding carboxylic acids is 1. The van der Waals surface area contributed by atoms with E-state index in [4.69, 9.17) is 5.73 Å². The van der Waals surface area contributed by atoms with Gasteiger partial charge in [-0.3, -0.25) is 4.79 Å². The van der Waals surface area contributed by atoms with Crippen molar-refractivity contribution >= 4 is 22.4 Å². The van der Waals surface area contributed by atoms with Crippen LogP contribution in [0.2, 0.25) is 0 Å². The molecule has 70 valence electrons. The Morgan fingerprint density at radius 3 is 3.08 bits per heavy atom. The first-order chi connectivity index (χ1) is 6.20. The van der Waals surface area contributed by atoms with Crippen molar-refractivity contribution in [2.75, 3.05) is 12.8 Å². The number of nitrogen functional groups attached to an aromatic ring is 1. The van der Waals surface area contributed by atoms with Gasteiger partial charge in [0, 0.05) is 11.3 Å². The van der Waals surface area contributed by atoms with E-state index in [1.807, 2.05) is 0 Å². The summed E-state index contributed by atoms with van der Waals surface area (Å²) < 4.78 is 4.67. The minimum absolute atomic E-state index is 0.0423. The highest BCUT2D eigenvalue weighted by molar-refractivity contribution is 7.15. The minimum atomic E-state index is -0.149. The molecular formula is C8H10N2O2S. The number of carbonyl (C=O) groups is 1. The summed E-state index contributed by atoms with van der Waals surface area (Å²) in [6.07, 6.45) is 1.41. The molecule has 0 spiro atoms. The van der Waals surface area contributed by atoms with Crippen LogP contribution in [-0.4, -0.2) is 18.1 Å². The molecule has 1 atom stereocenters. The monoisotopic (exact) mass is 198 g/mol. The third-order valence-electron chi connectivity index (χ3n) is 2.20. The molecule has 4 nitrogen and oxygen atoms in total. The zero-order valence-corrected chi connectivity index (χ0v) is 8.06. The van der Waals surface area contributed by atoms with Crippen molar-refractivity contribution in [2.45, 2.75) is 12.8 Å². The van der Waals surface area contributed by atoms with Crippen LogP contribution in [0, 0.1) is 5.92 Å². The van der Waals surface area contributed by atoms with E-state index in [-0.39, 0.29) is 11.9 Å². The van der Waals surface area contributed by atoms with Crippen molar-refractivity contribution in [3.63, 3.8) is 0 Å². The molecule has 13 heavy (non-hydrogen) atoms. The number of hydrogen-bond donors (Lipinski definition) is 1. The fourth-order valence-electron chi connectivity index (χ4n) is 1.58. The minimum Gasteiger partial charge on any atom is -0.469 e. The summed E-state index contributed by atoms with van der Waals surface area (Å²) in [5.74, 6) is -0.192. The number of anilines is 1. The lowest BCUT2D eigenvalue weighted by Gasteiger charge is -2.04. The van der Waals surface area contributed by atoms with Crippen LogP contribution in [0.5, 0.6) is 0 Å². The molecule has 1 aliphatic rings. The fraction of sp³-hybridized carbons (Fsp3) is 0.500. The maximum absolute atomic E-state index is 11.2. The van der Waals surface area contributed by atoms with Gasteiger partial charge in [-0.2, -0.15) is 0 Å². The van der Waals surface area contributed by atoms with Crippen LogP contribution in [0.15, 0.2) is 0 Å². The Morgan fingerprint density at radius 1 is 1.69 bits per heavy atom. The third kappa shape index (κ3) is 1.39. The fourth-order valence-corrected chi connectivity index (χ4v) is 2.52. The number of nitrogens with zero attached hydrogens (tertiary/aromatic N) is 1. The first kappa shape index (κ1) is 8.50. The summed E-state index contributed by atoms with van der Waals surface area (Å²) in [6, 6.07) is 0. The molecule has 1 aromatic heterocycles. The summed E-state index contributed by atoms with van der Waals surface area (Å²) in [7, 11) is 1.41. The first-order valence-electron chi connectivity index (χ1n) is 4.02. The van der Waals surface area contributed by atoms with Gasteiger partial charge in [0.25, 0.3) is 0 Å². The van der Waals surface area contributed by atoms with E-state index in [9.17, 15) is 4.79 Å². The van der Waals surface area contributed by atoms with Gasteiger partial charge in [0.1, 0.15) is 0 Å². The molecule has 1 heterocycles. The second-order valence-electron chi connectivity index (χ2n) is 3.05. The molecule has 0 radical (unpaired) electrons. The van der Waals surface area contributed by atoms with Gasteiger partial charge < -0.3 is 10.5 Å². The SMILES string of the molecule is COC(=O)C1Cc2nc(N)sc2C1. The van der Waals surface area contributed by atoms with Crippen molar-refractivity contribution < 1.29 is 9.53 Å². The molecule has 0 amide bonds. The third-order valence-corrected chi connectivity index (χ3v) is 3.15. The smallest absolute Gasteiger partial charge is 0.309 e. The van der Waals surface area contributed by atoms with Crippen LogP contribution in [0.3, 0.4) is 0 Å². The van der Waals surface area contributed by atoms with Crippen molar-refractivity contribution in [3.8, 4) is 0 Å². The van der Waals surface area contributed by atoms with Gasteiger partial charge in [0.15, 0.2) is 5.13 Å². The van der Waals surface area contributed by atoms with E-state index in [0.29, 0.717) is 11.6 Å². The molecule has 0 saturated carbocycles. The Morgan fingerprint density at radius 2 is 2.46 bits per heavy atom. The van der Waals surface area contributed by atoms with E-state index in [0.717, 1.165) is 17.0 Å². The van der Waals surface area contributed by atoms with Crippen LogP contribution >= 0.6 is 11.3 Å². The van der Waals surface area contributed by atoms with Gasteiger partial charge in [-0.1, -0.05) is 0 Å². The summed E-state index contributed by atoms with van der Waals surface area (Å²) in [6.45, 7) is 0. The maximum atomic E-state index is 11.2. The van der Waals surface area contributed by atoms with E-state index in [1.165, 1.54) is 18.4 Å². The van der Waals surface area contributed by atoms with E-state index in [2.05, 4.69) is 9.72 Å². The van der Waals surface area contributed by atoms with Gasteiger partial charge in [-0.05, 0) is 6.42 Å². The highest BCUT2D eigenvalue weighted by Gasteiger charge is 2.30. The summed E-state index contributed by atoms with van der Waals surface area (Å²) in [4.78, 5) is 16.5. The summed E-state index contributed by atoms with van der Waals surface area (Å²) in [5.41, 5.74) is 6.50. The lowest BCUT2D eigenvalue weighted by atomic mass is 10.1. The molecular weight excluding hydrogens is 188 g/mol. The Balaban J connectivity index is 2.15. The standard InChI is InChI=1S/C8H10N2O2S/c1-12-7(11)4-2-5-6(3-4)13-8(9)10-5/h4H,2-3H2,1H3,(H2,9,10). The number of ether oxygens (including phenoxy) is 1. The van der Waals surface area contributed by atoms with E-state index in [1.54, 1.807) is 0 Å². The van der Waals surface area contributed by atoms with Crippen molar-refractivity contribution in [3.05, 3.63) is 10.6 Å². The number of thiazole rings is 1. The van der Waals surface area contributed by atoms with Crippen molar-refractivity contribution in [1.82, 2.24) is 4.98 Å². The molecule has 0 aromatic carbocycles. The lowest BCUT2D eigenvalue weighted by molar-refractivity contribution is -0.145. The van der Waals surface area contributed by atoms with Crippen LogP contribution in [0.1, 0.15) is 10.6 Å². The van der Waals surface area contributed by atoms with Crippen molar-refractivity contribution in [1.29, 1.82) is 0 Å². The summed E-state index contributed by atoms with van der Waals surface area (Å²) in [5, 5.41) is 0.591. The van der Waals surface area contributed by atoms with Gasteiger partial charge in [-0.15, -0.1) is 11.3 Å². The second-order valence-corrected chi connectivity index (χ2v) is 4.17. The maximum Gasteiger partial charge on any atom is 0.309 e. The number of hydrogen-bond acceptors (Lipinski definition) is 5. The van der Waals surface area contributed by atoms with Gasteiger partial charge in [0.05, 0.1) is 18.7 Å². The highest BCUT2D eigenvalue weighted by Crippen LogP contribution is 2.32. The van der Waals surface area contributed by atoms with Crippen LogP contribution in [0.4, 0.5) is 5.13 Å². The average Bonchev–Trinajstić information content (AvgIpc) is 2.59. The molecule has 0 saturated heterocycles. The lowest BCUT2D eigenvalue weighted by Crippen LogP contribution is -2.16. The normalized spacial score (nSPS) is 19.9. The average molecular weight is 198 g/mol. The number of aromatic nitrogens is 1. The van der Waals surface area contributed by atoms with Crippen LogP contribution in [0.25, 0.3) is 0 Å². The van der Waals surface area contributed by atoms with Crippen LogP contribution < -0.4 is 5.73 Å². The molecule has 2 rings (SSSR count). The zero-order valence-electron chi connectivity index (χ0n) is 7.24. The number of fused-ring (bicyclic) bond motifs is 1. The van der Waals surface area contributed by atoms with E-state index < -0.39 is 0 Å². The molecule has 1 aliphatic carbocycles. The predicted octanol–water partition coefficient (Wildman–Crippen LogP) is 0.613. The first-order valence-corrected chi connectivity index (χ1v) is 4.84. The Labute approximate surface area is 79.7 Å². The number of esters is 1. The molecule has 2 N–H and O–H groups in total. The summed E-state index contributed by atoms with van der Waals surface area (Å²) >= 11 is 1.47. The Bertz CT molecular complexity index is 324. The van der Waals surface area contributed by atoms with Gasteiger partial charge >= 0.3 is 5.97 Å². The van der Waals surface area contributed by atoms with E-state index >= 15 is 0 Å². The van der Waals surface area contributed by atoms with Gasteiger partial charge in [0.2, 0.25) is 0 Å². The second kappa shape index (κ2) is 2.99. The largest absolute Gasteiger partial charge is 0.469 e. The topological polar surface area (TPSA) is 65.2 Å². The Hall–Kier alpha value is -1.10. The number of rotatable bonds is 1. The molecule has 5 heteroatoms. The molecule has 0 fully saturated rings. The Kier molecular flexibility index (Phi) is 1.95. The highest BCUT2D eigenvalue weighted by atomic mass is 32.1. The zero-order chi connectivity index (χ0) is 9.42. The van der Waals surface area contributed by atoms with Crippen molar-refractivity contribution in [2.24, 2.45) is 5.92 Å². The molecule has 1 unspecified atom stereocenters. The molecule has 1 aromatic rings. The van der Waals surface area contributed by atoms with Gasteiger partial charge in [-0.25, -0.2) is 4.98 Å². The molecule has 0 bridgehead atoms. The quantitative estimate of drug-likeness (QED) is 0.671. The van der Waals surface area contributed by atoms with Crippen LogP contribution in [-0.2, 0) is 22.4 Å². The molecule has 0 aliphatic heterocycles.